The summed E-state index contributed by atoms with van der Waals surface area (Å²) < 4.78 is 0. The lowest BCUT2D eigenvalue weighted by atomic mass is 9.83. The largest absolute Gasteiger partial charge is 0.307 e. The van der Waals surface area contributed by atoms with Crippen LogP contribution in [0.1, 0.15) is 59.1 Å². The third-order valence-corrected chi connectivity index (χ3v) is 3.37. The predicted molar refractivity (Wildman–Crippen MR) is 76.1 cm³/mol. The number of hydrogen-bond acceptors (Lipinski definition) is 1. The van der Waals surface area contributed by atoms with Crippen molar-refractivity contribution in [1.29, 1.82) is 0 Å². The molecule has 0 radical (unpaired) electrons. The Balaban J connectivity index is 2.68. The van der Waals surface area contributed by atoms with E-state index >= 15 is 0 Å². The SMILES string of the molecule is CCC[C@H](N[C@@H](C)c1ccccc1)C(C)(C)C. The second-order valence-corrected chi connectivity index (χ2v) is 6.01. The van der Waals surface area contributed by atoms with Crippen molar-refractivity contribution >= 4 is 0 Å². The third kappa shape index (κ3) is 4.51. The Labute approximate surface area is 107 Å². The van der Waals surface area contributed by atoms with Crippen LogP contribution in [0.2, 0.25) is 0 Å². The summed E-state index contributed by atoms with van der Waals surface area (Å²) >= 11 is 0. The molecular formula is C16H27N. The van der Waals surface area contributed by atoms with Crippen molar-refractivity contribution in [3.8, 4) is 0 Å². The van der Waals surface area contributed by atoms with E-state index in [0.717, 1.165) is 0 Å². The van der Waals surface area contributed by atoms with E-state index in [9.17, 15) is 0 Å². The lowest BCUT2D eigenvalue weighted by molar-refractivity contribution is 0.236. The summed E-state index contributed by atoms with van der Waals surface area (Å²) in [5.74, 6) is 0. The second kappa shape index (κ2) is 6.20. The van der Waals surface area contributed by atoms with E-state index in [-0.39, 0.29) is 0 Å². The van der Waals surface area contributed by atoms with Crippen molar-refractivity contribution < 1.29 is 0 Å². The van der Waals surface area contributed by atoms with Gasteiger partial charge in [-0.3, -0.25) is 0 Å². The van der Waals surface area contributed by atoms with E-state index in [1.54, 1.807) is 0 Å². The summed E-state index contributed by atoms with van der Waals surface area (Å²) in [6.07, 6.45) is 2.47. The van der Waals surface area contributed by atoms with Gasteiger partial charge >= 0.3 is 0 Å². The van der Waals surface area contributed by atoms with Gasteiger partial charge in [0.1, 0.15) is 0 Å². The predicted octanol–water partition coefficient (Wildman–Crippen LogP) is 4.55. The monoisotopic (exact) mass is 233 g/mol. The van der Waals surface area contributed by atoms with Crippen LogP contribution in [-0.2, 0) is 0 Å². The lowest BCUT2D eigenvalue weighted by Crippen LogP contribution is -2.41. The summed E-state index contributed by atoms with van der Waals surface area (Å²) in [4.78, 5) is 0. The van der Waals surface area contributed by atoms with Crippen LogP contribution in [-0.4, -0.2) is 6.04 Å². The maximum atomic E-state index is 3.77. The molecule has 1 rings (SSSR count). The topological polar surface area (TPSA) is 12.0 Å². The molecule has 0 unspecified atom stereocenters. The summed E-state index contributed by atoms with van der Waals surface area (Å²) in [7, 11) is 0. The maximum absolute atomic E-state index is 3.77. The van der Waals surface area contributed by atoms with Gasteiger partial charge < -0.3 is 5.32 Å². The van der Waals surface area contributed by atoms with E-state index in [1.807, 2.05) is 0 Å². The van der Waals surface area contributed by atoms with E-state index in [1.165, 1.54) is 18.4 Å². The number of nitrogens with one attached hydrogen (secondary N) is 1. The Morgan fingerprint density at radius 3 is 2.18 bits per heavy atom. The molecule has 1 aromatic rings. The van der Waals surface area contributed by atoms with E-state index in [4.69, 9.17) is 0 Å². The van der Waals surface area contributed by atoms with Crippen LogP contribution in [0.5, 0.6) is 0 Å². The lowest BCUT2D eigenvalue weighted by Gasteiger charge is -2.34. The minimum absolute atomic E-state index is 0.319. The molecule has 0 bridgehead atoms. The zero-order valence-electron chi connectivity index (χ0n) is 12.0. The van der Waals surface area contributed by atoms with Crippen LogP contribution in [0.3, 0.4) is 0 Å². The van der Waals surface area contributed by atoms with Crippen molar-refractivity contribution in [3.05, 3.63) is 35.9 Å². The highest BCUT2D eigenvalue weighted by atomic mass is 15.0. The van der Waals surface area contributed by atoms with Gasteiger partial charge in [0.15, 0.2) is 0 Å². The van der Waals surface area contributed by atoms with E-state index in [2.05, 4.69) is 70.3 Å². The first-order valence-electron chi connectivity index (χ1n) is 6.76. The zero-order chi connectivity index (χ0) is 12.9. The molecule has 17 heavy (non-hydrogen) atoms. The normalized spacial score (nSPS) is 15.6. The maximum Gasteiger partial charge on any atom is 0.0294 e. The Morgan fingerprint density at radius 2 is 1.71 bits per heavy atom. The van der Waals surface area contributed by atoms with Gasteiger partial charge in [0, 0.05) is 12.1 Å². The molecule has 0 aromatic heterocycles. The van der Waals surface area contributed by atoms with Crippen molar-refractivity contribution in [2.75, 3.05) is 0 Å². The number of rotatable bonds is 5. The summed E-state index contributed by atoms with van der Waals surface area (Å²) in [6.45, 7) is 11.5. The van der Waals surface area contributed by atoms with Crippen LogP contribution in [0.15, 0.2) is 30.3 Å². The Hall–Kier alpha value is -0.820. The van der Waals surface area contributed by atoms with E-state index in [0.29, 0.717) is 17.5 Å². The smallest absolute Gasteiger partial charge is 0.0294 e. The Kier molecular flexibility index (Phi) is 5.20. The first-order valence-corrected chi connectivity index (χ1v) is 6.76. The van der Waals surface area contributed by atoms with Crippen LogP contribution in [0.4, 0.5) is 0 Å². The molecule has 1 nitrogen and oxygen atoms in total. The number of hydrogen-bond donors (Lipinski definition) is 1. The van der Waals surface area contributed by atoms with E-state index < -0.39 is 0 Å². The molecule has 0 heterocycles. The van der Waals surface area contributed by atoms with Gasteiger partial charge in [-0.2, -0.15) is 0 Å². The van der Waals surface area contributed by atoms with Gasteiger partial charge in [-0.05, 0) is 24.3 Å². The van der Waals surface area contributed by atoms with Gasteiger partial charge in [-0.15, -0.1) is 0 Å². The molecule has 1 heteroatoms. The van der Waals surface area contributed by atoms with Gasteiger partial charge in [-0.25, -0.2) is 0 Å². The third-order valence-electron chi connectivity index (χ3n) is 3.37. The van der Waals surface area contributed by atoms with Crippen LogP contribution >= 0.6 is 0 Å². The minimum atomic E-state index is 0.319. The highest BCUT2D eigenvalue weighted by Gasteiger charge is 2.25. The average Bonchev–Trinajstić information content (AvgIpc) is 2.28. The summed E-state index contributed by atoms with van der Waals surface area (Å²) in [5, 5.41) is 3.77. The van der Waals surface area contributed by atoms with Gasteiger partial charge in [0.05, 0.1) is 0 Å². The molecule has 0 saturated heterocycles. The minimum Gasteiger partial charge on any atom is -0.307 e. The summed E-state index contributed by atoms with van der Waals surface area (Å²) in [6, 6.07) is 11.7. The quantitative estimate of drug-likeness (QED) is 0.786. The molecule has 2 atom stereocenters. The average molecular weight is 233 g/mol. The summed E-state index contributed by atoms with van der Waals surface area (Å²) in [5.41, 5.74) is 1.69. The van der Waals surface area contributed by atoms with Crippen LogP contribution in [0, 0.1) is 5.41 Å². The molecule has 1 aromatic carbocycles. The zero-order valence-corrected chi connectivity index (χ0v) is 12.0. The number of benzene rings is 1. The second-order valence-electron chi connectivity index (χ2n) is 6.01. The molecule has 96 valence electrons. The van der Waals surface area contributed by atoms with Crippen molar-refractivity contribution in [3.63, 3.8) is 0 Å². The molecule has 1 N–H and O–H groups in total. The molecule has 0 saturated carbocycles. The van der Waals surface area contributed by atoms with Gasteiger partial charge in [0.2, 0.25) is 0 Å². The van der Waals surface area contributed by atoms with Gasteiger partial charge in [-0.1, -0.05) is 64.4 Å². The Bertz CT molecular complexity index is 310. The highest BCUT2D eigenvalue weighted by Crippen LogP contribution is 2.25. The van der Waals surface area contributed by atoms with Gasteiger partial charge in [0.25, 0.3) is 0 Å². The molecule has 0 amide bonds. The molecule has 0 fully saturated rings. The molecule has 0 aliphatic rings. The highest BCUT2D eigenvalue weighted by molar-refractivity contribution is 5.18. The van der Waals surface area contributed by atoms with Crippen molar-refractivity contribution in [2.24, 2.45) is 5.41 Å². The fourth-order valence-electron chi connectivity index (χ4n) is 2.19. The fourth-order valence-corrected chi connectivity index (χ4v) is 2.19. The Morgan fingerprint density at radius 1 is 1.12 bits per heavy atom. The molecule has 0 aliphatic heterocycles. The molecule has 0 spiro atoms. The standard InChI is InChI=1S/C16H27N/c1-6-10-15(16(3,4)5)17-13(2)14-11-8-7-9-12-14/h7-9,11-13,15,17H,6,10H2,1-5H3/t13-,15-/m0/s1. The first kappa shape index (κ1) is 14.2. The van der Waals surface area contributed by atoms with Crippen molar-refractivity contribution in [1.82, 2.24) is 5.32 Å². The van der Waals surface area contributed by atoms with Crippen LogP contribution < -0.4 is 5.32 Å². The first-order chi connectivity index (χ1) is 7.95. The fraction of sp³-hybridized carbons (Fsp3) is 0.625. The molecule has 0 aliphatic carbocycles. The van der Waals surface area contributed by atoms with Crippen LogP contribution in [0.25, 0.3) is 0 Å². The molecular weight excluding hydrogens is 206 g/mol. The van der Waals surface area contributed by atoms with Crippen molar-refractivity contribution in [2.45, 2.75) is 59.5 Å².